The van der Waals surface area contributed by atoms with Gasteiger partial charge in [0.25, 0.3) is 0 Å². The van der Waals surface area contributed by atoms with Crippen LogP contribution in [0.1, 0.15) is 45.4 Å². The third kappa shape index (κ3) is 9.28. The highest BCUT2D eigenvalue weighted by Gasteiger charge is 1.98. The quantitative estimate of drug-likeness (QED) is 0.462. The molecule has 2 heteroatoms. The van der Waals surface area contributed by atoms with E-state index in [9.17, 15) is 4.79 Å². The maximum atomic E-state index is 11.0. The number of ether oxygens (including phenoxy) is 1. The van der Waals surface area contributed by atoms with Crippen molar-refractivity contribution in [1.29, 1.82) is 0 Å². The van der Waals surface area contributed by atoms with Crippen LogP contribution in [-0.2, 0) is 9.53 Å². The molecule has 0 saturated heterocycles. The van der Waals surface area contributed by atoms with Crippen molar-refractivity contribution in [2.75, 3.05) is 13.7 Å². The molecule has 0 bridgehead atoms. The molecule has 0 rings (SSSR count). The molecule has 0 spiro atoms. The lowest BCUT2D eigenvalue weighted by atomic mass is 10.2. The Kier molecular flexibility index (Phi) is 9.68. The van der Waals surface area contributed by atoms with Gasteiger partial charge in [-0.1, -0.05) is 13.3 Å². The molecule has 80 valence electrons. The Morgan fingerprint density at radius 3 is 2.43 bits per heavy atom. The fourth-order valence-corrected chi connectivity index (χ4v) is 1.05. The van der Waals surface area contributed by atoms with E-state index in [-0.39, 0.29) is 12.4 Å². The number of hydrogen-bond acceptors (Lipinski definition) is 2. The second-order valence-electron chi connectivity index (χ2n) is 3.28. The zero-order chi connectivity index (χ0) is 10.6. The van der Waals surface area contributed by atoms with Gasteiger partial charge in [-0.15, -0.1) is 11.8 Å². The predicted octanol–water partition coefficient (Wildman–Crippen LogP) is 2.57. The fourth-order valence-electron chi connectivity index (χ4n) is 1.05. The van der Waals surface area contributed by atoms with Gasteiger partial charge in [-0.3, -0.25) is 4.79 Å². The summed E-state index contributed by atoms with van der Waals surface area (Å²) in [7, 11) is 1.54. The summed E-state index contributed by atoms with van der Waals surface area (Å²) >= 11 is 0. The molecule has 0 aliphatic carbocycles. The first-order valence-corrected chi connectivity index (χ1v) is 5.27. The summed E-state index contributed by atoms with van der Waals surface area (Å²) in [5.74, 6) is 6.34. The van der Waals surface area contributed by atoms with Crippen molar-refractivity contribution < 1.29 is 9.53 Å². The molecule has 0 aliphatic rings. The van der Waals surface area contributed by atoms with Gasteiger partial charge in [0.05, 0.1) is 0 Å². The smallest absolute Gasteiger partial charge is 0.158 e. The van der Waals surface area contributed by atoms with Crippen molar-refractivity contribution >= 4 is 5.78 Å². The third-order valence-electron chi connectivity index (χ3n) is 1.84. The zero-order valence-corrected chi connectivity index (χ0v) is 9.27. The SMILES string of the molecule is CCCCC#CCCCC(=O)COC. The number of carbonyl (C=O) groups is 1. The summed E-state index contributed by atoms with van der Waals surface area (Å²) in [6.07, 6.45) is 5.65. The number of Topliss-reactive ketones (excluding diaryl/α,β-unsaturated/α-hetero) is 1. The van der Waals surface area contributed by atoms with Crippen LogP contribution in [0.5, 0.6) is 0 Å². The second-order valence-corrected chi connectivity index (χ2v) is 3.28. The molecule has 14 heavy (non-hydrogen) atoms. The average molecular weight is 196 g/mol. The lowest BCUT2D eigenvalue weighted by Crippen LogP contribution is -2.05. The molecule has 0 saturated carbocycles. The standard InChI is InChI=1S/C12H20O2/c1-3-4-5-6-7-8-9-10-12(13)11-14-2/h3-5,8-11H2,1-2H3. The van der Waals surface area contributed by atoms with Crippen LogP contribution >= 0.6 is 0 Å². The minimum absolute atomic E-state index is 0.169. The van der Waals surface area contributed by atoms with Crippen molar-refractivity contribution in [2.24, 2.45) is 0 Å². The summed E-state index contributed by atoms with van der Waals surface area (Å²) in [5, 5.41) is 0. The summed E-state index contributed by atoms with van der Waals surface area (Å²) < 4.78 is 4.73. The largest absolute Gasteiger partial charge is 0.377 e. The van der Waals surface area contributed by atoms with Gasteiger partial charge in [-0.05, 0) is 12.8 Å². The van der Waals surface area contributed by atoms with E-state index in [1.165, 1.54) is 12.8 Å². The van der Waals surface area contributed by atoms with Gasteiger partial charge < -0.3 is 4.74 Å². The molecule has 0 atom stereocenters. The third-order valence-corrected chi connectivity index (χ3v) is 1.84. The van der Waals surface area contributed by atoms with Crippen molar-refractivity contribution in [3.8, 4) is 11.8 Å². The molecule has 0 amide bonds. The van der Waals surface area contributed by atoms with Gasteiger partial charge in [-0.2, -0.15) is 0 Å². The fraction of sp³-hybridized carbons (Fsp3) is 0.750. The van der Waals surface area contributed by atoms with Crippen molar-refractivity contribution in [1.82, 2.24) is 0 Å². The molecule has 0 aliphatic heterocycles. The first-order chi connectivity index (χ1) is 6.81. The Bertz CT molecular complexity index is 198. The molecule has 0 N–H and O–H groups in total. The van der Waals surface area contributed by atoms with E-state index in [0.717, 1.165) is 19.3 Å². The van der Waals surface area contributed by atoms with Crippen LogP contribution in [0.3, 0.4) is 0 Å². The summed E-state index contributed by atoms with van der Waals surface area (Å²) in [6.45, 7) is 2.40. The van der Waals surface area contributed by atoms with Gasteiger partial charge in [0.2, 0.25) is 0 Å². The molecule has 0 aromatic rings. The van der Waals surface area contributed by atoms with E-state index in [2.05, 4.69) is 18.8 Å². The van der Waals surface area contributed by atoms with Gasteiger partial charge >= 0.3 is 0 Å². The van der Waals surface area contributed by atoms with E-state index in [1.54, 1.807) is 7.11 Å². The molecule has 0 aromatic heterocycles. The molecule has 0 unspecified atom stereocenters. The van der Waals surface area contributed by atoms with E-state index in [0.29, 0.717) is 6.42 Å². The van der Waals surface area contributed by atoms with Crippen LogP contribution in [0.15, 0.2) is 0 Å². The number of hydrogen-bond donors (Lipinski definition) is 0. The van der Waals surface area contributed by atoms with Crippen LogP contribution in [0.2, 0.25) is 0 Å². The molecular weight excluding hydrogens is 176 g/mol. The van der Waals surface area contributed by atoms with E-state index in [1.807, 2.05) is 0 Å². The van der Waals surface area contributed by atoms with Crippen LogP contribution in [0, 0.1) is 11.8 Å². The van der Waals surface area contributed by atoms with E-state index < -0.39 is 0 Å². The Hall–Kier alpha value is -0.810. The Morgan fingerprint density at radius 2 is 1.86 bits per heavy atom. The normalized spacial score (nSPS) is 9.29. The van der Waals surface area contributed by atoms with E-state index in [4.69, 9.17) is 4.74 Å². The Labute approximate surface area is 87.0 Å². The van der Waals surface area contributed by atoms with Crippen LogP contribution in [0.4, 0.5) is 0 Å². The van der Waals surface area contributed by atoms with Crippen LogP contribution < -0.4 is 0 Å². The second kappa shape index (κ2) is 10.3. The molecular formula is C12H20O2. The van der Waals surface area contributed by atoms with Gasteiger partial charge in [0.1, 0.15) is 6.61 Å². The van der Waals surface area contributed by atoms with Crippen molar-refractivity contribution in [2.45, 2.75) is 45.4 Å². The summed E-state index contributed by atoms with van der Waals surface area (Å²) in [5.41, 5.74) is 0. The highest BCUT2D eigenvalue weighted by molar-refractivity contribution is 5.79. The van der Waals surface area contributed by atoms with Gasteiger partial charge in [0, 0.05) is 26.4 Å². The molecule has 0 fully saturated rings. The number of rotatable bonds is 7. The topological polar surface area (TPSA) is 26.3 Å². The van der Waals surface area contributed by atoms with Gasteiger partial charge in [-0.25, -0.2) is 0 Å². The zero-order valence-electron chi connectivity index (χ0n) is 9.27. The maximum Gasteiger partial charge on any atom is 0.158 e. The number of methoxy groups -OCH3 is 1. The molecule has 2 nitrogen and oxygen atoms in total. The first kappa shape index (κ1) is 13.2. The van der Waals surface area contributed by atoms with Crippen molar-refractivity contribution in [3.05, 3.63) is 0 Å². The van der Waals surface area contributed by atoms with Gasteiger partial charge in [0.15, 0.2) is 5.78 Å². The lowest BCUT2D eigenvalue weighted by molar-refractivity contribution is -0.122. The maximum absolute atomic E-state index is 11.0. The summed E-state index contributed by atoms with van der Waals surface area (Å²) in [4.78, 5) is 11.0. The predicted molar refractivity (Wildman–Crippen MR) is 58.0 cm³/mol. The minimum Gasteiger partial charge on any atom is -0.377 e. The highest BCUT2D eigenvalue weighted by atomic mass is 16.5. The lowest BCUT2D eigenvalue weighted by Gasteiger charge is -1.95. The first-order valence-electron chi connectivity index (χ1n) is 5.27. The summed E-state index contributed by atoms with van der Waals surface area (Å²) in [6, 6.07) is 0. The number of unbranched alkanes of at least 4 members (excludes halogenated alkanes) is 3. The average Bonchev–Trinajstić information content (AvgIpc) is 2.17. The minimum atomic E-state index is 0.169. The molecule has 0 aromatic carbocycles. The number of ketones is 1. The highest BCUT2D eigenvalue weighted by Crippen LogP contribution is 1.96. The Balaban J connectivity index is 3.26. The van der Waals surface area contributed by atoms with Crippen LogP contribution in [-0.4, -0.2) is 19.5 Å². The van der Waals surface area contributed by atoms with E-state index >= 15 is 0 Å². The Morgan fingerprint density at radius 1 is 1.21 bits per heavy atom. The number of carbonyl (C=O) groups excluding carboxylic acids is 1. The molecule has 0 heterocycles. The monoisotopic (exact) mass is 196 g/mol. The van der Waals surface area contributed by atoms with Crippen LogP contribution in [0.25, 0.3) is 0 Å². The van der Waals surface area contributed by atoms with Crippen molar-refractivity contribution in [3.63, 3.8) is 0 Å². The molecule has 0 radical (unpaired) electrons.